The Labute approximate surface area is 105 Å². The van der Waals surface area contributed by atoms with Crippen LogP contribution in [0.2, 0.25) is 5.02 Å². The second kappa shape index (κ2) is 5.29. The summed E-state index contributed by atoms with van der Waals surface area (Å²) in [5.74, 6) is 1.13. The van der Waals surface area contributed by atoms with E-state index >= 15 is 0 Å². The average molecular weight is 252 g/mol. The first-order chi connectivity index (χ1) is 8.20. The van der Waals surface area contributed by atoms with Gasteiger partial charge < -0.3 is 10.2 Å². The first-order valence-electron chi connectivity index (χ1n) is 5.49. The van der Waals surface area contributed by atoms with Crippen LogP contribution in [0.15, 0.2) is 22.6 Å². The van der Waals surface area contributed by atoms with Gasteiger partial charge in [0.2, 0.25) is 11.8 Å². The highest BCUT2D eigenvalue weighted by Crippen LogP contribution is 2.25. The smallest absolute Gasteiger partial charge is 0.248 e. The van der Waals surface area contributed by atoms with Crippen molar-refractivity contribution in [2.75, 3.05) is 6.54 Å². The highest BCUT2D eigenvalue weighted by molar-refractivity contribution is 6.30. The molecule has 1 aromatic carbocycles. The van der Waals surface area contributed by atoms with Gasteiger partial charge in [-0.15, -0.1) is 10.2 Å². The molecule has 0 saturated heterocycles. The van der Waals surface area contributed by atoms with E-state index in [-0.39, 0.29) is 0 Å². The standard InChI is InChI=1S/C12H14ClN3O/c1-8-4-5-9(13)7-10(8)12-16-15-11(17-12)3-2-6-14/h4-5,7H,2-3,6,14H2,1H3. The summed E-state index contributed by atoms with van der Waals surface area (Å²) in [6.45, 7) is 2.60. The van der Waals surface area contributed by atoms with Crippen LogP contribution in [0.1, 0.15) is 17.9 Å². The summed E-state index contributed by atoms with van der Waals surface area (Å²) in [4.78, 5) is 0. The molecule has 0 amide bonds. The monoisotopic (exact) mass is 251 g/mol. The minimum absolute atomic E-state index is 0.511. The zero-order chi connectivity index (χ0) is 12.3. The van der Waals surface area contributed by atoms with Crippen LogP contribution in [0.3, 0.4) is 0 Å². The summed E-state index contributed by atoms with van der Waals surface area (Å²) < 4.78 is 5.57. The molecule has 2 N–H and O–H groups in total. The van der Waals surface area contributed by atoms with Gasteiger partial charge in [-0.1, -0.05) is 17.7 Å². The zero-order valence-electron chi connectivity index (χ0n) is 9.61. The number of hydrogen-bond acceptors (Lipinski definition) is 4. The van der Waals surface area contributed by atoms with Gasteiger partial charge in [0.25, 0.3) is 0 Å². The van der Waals surface area contributed by atoms with Crippen molar-refractivity contribution in [3.8, 4) is 11.5 Å². The van der Waals surface area contributed by atoms with E-state index in [2.05, 4.69) is 10.2 Å². The van der Waals surface area contributed by atoms with Crippen molar-refractivity contribution in [3.63, 3.8) is 0 Å². The van der Waals surface area contributed by atoms with Crippen molar-refractivity contribution >= 4 is 11.6 Å². The molecule has 0 fully saturated rings. The van der Waals surface area contributed by atoms with Gasteiger partial charge in [0, 0.05) is 17.0 Å². The van der Waals surface area contributed by atoms with Gasteiger partial charge in [-0.3, -0.25) is 0 Å². The maximum atomic E-state index is 5.95. The highest BCUT2D eigenvalue weighted by Gasteiger charge is 2.11. The summed E-state index contributed by atoms with van der Waals surface area (Å²) in [7, 11) is 0. The summed E-state index contributed by atoms with van der Waals surface area (Å²) in [5.41, 5.74) is 7.37. The topological polar surface area (TPSA) is 64.9 Å². The lowest BCUT2D eigenvalue weighted by molar-refractivity contribution is 0.498. The first kappa shape index (κ1) is 12.1. The van der Waals surface area contributed by atoms with Crippen LogP contribution >= 0.6 is 11.6 Å². The minimum Gasteiger partial charge on any atom is -0.421 e. The molecule has 0 spiro atoms. The van der Waals surface area contributed by atoms with E-state index in [4.69, 9.17) is 21.8 Å². The van der Waals surface area contributed by atoms with Crippen molar-refractivity contribution < 1.29 is 4.42 Å². The third kappa shape index (κ3) is 2.84. The van der Waals surface area contributed by atoms with Crippen molar-refractivity contribution in [2.24, 2.45) is 5.73 Å². The molecule has 2 rings (SSSR count). The molecule has 0 aliphatic carbocycles. The average Bonchev–Trinajstić information content (AvgIpc) is 2.78. The quantitative estimate of drug-likeness (QED) is 0.907. The van der Waals surface area contributed by atoms with Crippen LogP contribution in [0.25, 0.3) is 11.5 Å². The van der Waals surface area contributed by atoms with Crippen LogP contribution in [0.4, 0.5) is 0 Å². The minimum atomic E-state index is 0.511. The van der Waals surface area contributed by atoms with Crippen molar-refractivity contribution in [3.05, 3.63) is 34.7 Å². The molecule has 0 aliphatic heterocycles. The van der Waals surface area contributed by atoms with Gasteiger partial charge >= 0.3 is 0 Å². The maximum Gasteiger partial charge on any atom is 0.248 e. The van der Waals surface area contributed by atoms with Gasteiger partial charge in [0.05, 0.1) is 0 Å². The van der Waals surface area contributed by atoms with E-state index in [0.717, 1.165) is 17.5 Å². The van der Waals surface area contributed by atoms with Crippen LogP contribution < -0.4 is 5.73 Å². The third-order valence-corrected chi connectivity index (χ3v) is 2.73. The maximum absolute atomic E-state index is 5.95. The predicted molar refractivity (Wildman–Crippen MR) is 66.9 cm³/mol. The van der Waals surface area contributed by atoms with Crippen LogP contribution in [0, 0.1) is 6.92 Å². The van der Waals surface area contributed by atoms with Gasteiger partial charge in [0.1, 0.15) is 0 Å². The van der Waals surface area contributed by atoms with E-state index in [1.165, 1.54) is 0 Å². The fourth-order valence-electron chi connectivity index (χ4n) is 1.54. The molecule has 0 atom stereocenters. The number of nitrogens with zero attached hydrogens (tertiary/aromatic N) is 2. The van der Waals surface area contributed by atoms with Crippen molar-refractivity contribution in [1.82, 2.24) is 10.2 Å². The SMILES string of the molecule is Cc1ccc(Cl)cc1-c1nnc(CCCN)o1. The molecule has 90 valence electrons. The van der Waals surface area contributed by atoms with Crippen molar-refractivity contribution in [2.45, 2.75) is 19.8 Å². The molecule has 1 heterocycles. The molecule has 0 bridgehead atoms. The number of benzene rings is 1. The fraction of sp³-hybridized carbons (Fsp3) is 0.333. The van der Waals surface area contributed by atoms with Gasteiger partial charge in [-0.25, -0.2) is 0 Å². The molecule has 0 unspecified atom stereocenters. The number of rotatable bonds is 4. The molecule has 1 aromatic heterocycles. The lowest BCUT2D eigenvalue weighted by Gasteiger charge is -2.00. The molecule has 2 aromatic rings. The Morgan fingerprint density at radius 3 is 2.94 bits per heavy atom. The Bertz CT molecular complexity index is 510. The van der Waals surface area contributed by atoms with E-state index in [1.807, 2.05) is 25.1 Å². The molecular formula is C12H14ClN3O. The molecule has 5 heteroatoms. The number of aryl methyl sites for hydroxylation is 2. The molecule has 4 nitrogen and oxygen atoms in total. The van der Waals surface area contributed by atoms with Gasteiger partial charge in [-0.05, 0) is 37.6 Å². The summed E-state index contributed by atoms with van der Waals surface area (Å²) >= 11 is 5.95. The third-order valence-electron chi connectivity index (χ3n) is 2.49. The number of hydrogen-bond donors (Lipinski definition) is 1. The predicted octanol–water partition coefficient (Wildman–Crippen LogP) is 2.59. The van der Waals surface area contributed by atoms with Gasteiger partial charge in [-0.2, -0.15) is 0 Å². The largest absolute Gasteiger partial charge is 0.421 e. The Morgan fingerprint density at radius 1 is 1.35 bits per heavy atom. The first-order valence-corrected chi connectivity index (χ1v) is 5.87. The Morgan fingerprint density at radius 2 is 2.18 bits per heavy atom. The molecular weight excluding hydrogens is 238 g/mol. The Hall–Kier alpha value is -1.39. The second-order valence-corrected chi connectivity index (χ2v) is 4.29. The fourth-order valence-corrected chi connectivity index (χ4v) is 1.71. The Balaban J connectivity index is 2.27. The number of nitrogens with two attached hydrogens (primary N) is 1. The molecule has 17 heavy (non-hydrogen) atoms. The molecule has 0 saturated carbocycles. The summed E-state index contributed by atoms with van der Waals surface area (Å²) in [5, 5.41) is 8.67. The van der Waals surface area contributed by atoms with Crippen LogP contribution in [-0.4, -0.2) is 16.7 Å². The number of halogens is 1. The Kier molecular flexibility index (Phi) is 3.76. The molecule has 0 aliphatic rings. The van der Waals surface area contributed by atoms with Crippen LogP contribution in [-0.2, 0) is 6.42 Å². The lowest BCUT2D eigenvalue weighted by atomic mass is 10.1. The lowest BCUT2D eigenvalue weighted by Crippen LogP contribution is -2.00. The summed E-state index contributed by atoms with van der Waals surface area (Å²) in [6, 6.07) is 5.60. The van der Waals surface area contributed by atoms with E-state index < -0.39 is 0 Å². The van der Waals surface area contributed by atoms with Crippen molar-refractivity contribution in [1.29, 1.82) is 0 Å². The van der Waals surface area contributed by atoms with E-state index in [0.29, 0.717) is 29.8 Å². The molecule has 0 radical (unpaired) electrons. The van der Waals surface area contributed by atoms with Gasteiger partial charge in [0.15, 0.2) is 0 Å². The second-order valence-electron chi connectivity index (χ2n) is 3.85. The number of aromatic nitrogens is 2. The normalized spacial score (nSPS) is 10.8. The summed E-state index contributed by atoms with van der Waals surface area (Å²) in [6.07, 6.45) is 1.55. The van der Waals surface area contributed by atoms with Crippen LogP contribution in [0.5, 0.6) is 0 Å². The van der Waals surface area contributed by atoms with E-state index in [9.17, 15) is 0 Å². The van der Waals surface area contributed by atoms with E-state index in [1.54, 1.807) is 0 Å². The zero-order valence-corrected chi connectivity index (χ0v) is 10.4. The highest BCUT2D eigenvalue weighted by atomic mass is 35.5.